The molecule has 98 valence electrons. The summed E-state index contributed by atoms with van der Waals surface area (Å²) >= 11 is 0. The highest BCUT2D eigenvalue weighted by Crippen LogP contribution is 2.07. The summed E-state index contributed by atoms with van der Waals surface area (Å²) in [5, 5.41) is 2.94. The minimum absolute atomic E-state index is 0.0435. The van der Waals surface area contributed by atoms with Gasteiger partial charge in [-0.2, -0.15) is 0 Å². The lowest BCUT2D eigenvalue weighted by molar-refractivity contribution is 0.485. The average molecular weight is 250 g/mol. The second-order valence-corrected chi connectivity index (χ2v) is 6.64. The van der Waals surface area contributed by atoms with E-state index in [0.29, 0.717) is 12.3 Å². The van der Waals surface area contributed by atoms with Crippen molar-refractivity contribution in [2.75, 3.05) is 19.3 Å². The number of hydrogen-bond donors (Lipinski definition) is 2. The summed E-state index contributed by atoms with van der Waals surface area (Å²) in [4.78, 5) is 0. The van der Waals surface area contributed by atoms with Gasteiger partial charge in [0.15, 0.2) is 0 Å². The largest absolute Gasteiger partial charge is 0.320 e. The Kier molecular flexibility index (Phi) is 7.97. The molecule has 0 aromatic carbocycles. The molecule has 2 N–H and O–H groups in total. The molecular weight excluding hydrogens is 224 g/mol. The molecule has 0 saturated carbocycles. The van der Waals surface area contributed by atoms with Crippen molar-refractivity contribution in [2.24, 2.45) is 5.92 Å². The maximum Gasteiger partial charge on any atom is 0.211 e. The van der Waals surface area contributed by atoms with E-state index >= 15 is 0 Å². The van der Waals surface area contributed by atoms with Crippen LogP contribution >= 0.6 is 0 Å². The fourth-order valence-corrected chi connectivity index (χ4v) is 2.82. The molecule has 1 unspecified atom stereocenters. The van der Waals surface area contributed by atoms with Crippen molar-refractivity contribution in [1.82, 2.24) is 10.0 Å². The Hall–Kier alpha value is -0.130. The molecule has 0 fully saturated rings. The van der Waals surface area contributed by atoms with Crippen molar-refractivity contribution in [2.45, 2.75) is 46.1 Å². The Morgan fingerprint density at radius 1 is 1.12 bits per heavy atom. The molecule has 0 aliphatic rings. The van der Waals surface area contributed by atoms with Crippen LogP contribution in [0.2, 0.25) is 0 Å². The summed E-state index contributed by atoms with van der Waals surface area (Å²) in [7, 11) is -1.27. The summed E-state index contributed by atoms with van der Waals surface area (Å²) in [5.74, 6) is 0.830. The molecule has 0 radical (unpaired) electrons. The molecular formula is C11H26N2O2S. The lowest BCUT2D eigenvalue weighted by Crippen LogP contribution is -2.35. The first-order chi connectivity index (χ1) is 7.37. The van der Waals surface area contributed by atoms with Crippen LogP contribution < -0.4 is 10.0 Å². The van der Waals surface area contributed by atoms with Gasteiger partial charge in [0, 0.05) is 6.04 Å². The monoisotopic (exact) mass is 250 g/mol. The summed E-state index contributed by atoms with van der Waals surface area (Å²) in [6, 6.07) is 0.0435. The first kappa shape index (κ1) is 15.9. The van der Waals surface area contributed by atoms with Gasteiger partial charge in [-0.25, -0.2) is 13.1 Å². The van der Waals surface area contributed by atoms with Gasteiger partial charge in [0.25, 0.3) is 0 Å². The predicted molar refractivity (Wildman–Crippen MR) is 69.0 cm³/mol. The molecule has 0 aromatic heterocycles. The Morgan fingerprint density at radius 2 is 1.75 bits per heavy atom. The third-order valence-electron chi connectivity index (χ3n) is 2.40. The van der Waals surface area contributed by atoms with Crippen LogP contribution in [0.5, 0.6) is 0 Å². The number of rotatable bonds is 9. The van der Waals surface area contributed by atoms with E-state index in [9.17, 15) is 8.42 Å². The van der Waals surface area contributed by atoms with Gasteiger partial charge >= 0.3 is 0 Å². The van der Waals surface area contributed by atoms with E-state index in [1.807, 2.05) is 14.0 Å². The van der Waals surface area contributed by atoms with Crippen LogP contribution in [0.4, 0.5) is 0 Å². The highest BCUT2D eigenvalue weighted by Gasteiger charge is 2.13. The molecule has 16 heavy (non-hydrogen) atoms. The summed E-state index contributed by atoms with van der Waals surface area (Å²) < 4.78 is 26.0. The van der Waals surface area contributed by atoms with Crippen molar-refractivity contribution >= 4 is 10.0 Å². The van der Waals surface area contributed by atoms with Gasteiger partial charge in [0.05, 0.1) is 5.75 Å². The van der Waals surface area contributed by atoms with E-state index in [-0.39, 0.29) is 11.8 Å². The zero-order valence-electron chi connectivity index (χ0n) is 10.9. The van der Waals surface area contributed by atoms with Gasteiger partial charge in [0.1, 0.15) is 0 Å². The van der Waals surface area contributed by atoms with Crippen LogP contribution in [0.1, 0.15) is 40.0 Å². The van der Waals surface area contributed by atoms with Gasteiger partial charge in [0.2, 0.25) is 10.0 Å². The SMILES string of the molecule is CNCCCS(=O)(=O)NC(C)CCC(C)C. The van der Waals surface area contributed by atoms with Gasteiger partial charge in [-0.05, 0) is 45.7 Å². The van der Waals surface area contributed by atoms with Crippen LogP contribution in [0, 0.1) is 5.92 Å². The molecule has 0 saturated heterocycles. The average Bonchev–Trinajstić information content (AvgIpc) is 2.14. The van der Waals surface area contributed by atoms with Crippen molar-refractivity contribution in [3.05, 3.63) is 0 Å². The van der Waals surface area contributed by atoms with Crippen LogP contribution in [0.15, 0.2) is 0 Å². The molecule has 0 aliphatic carbocycles. The number of sulfonamides is 1. The Morgan fingerprint density at radius 3 is 2.25 bits per heavy atom. The first-order valence-corrected chi connectivity index (χ1v) is 7.67. The van der Waals surface area contributed by atoms with Crippen LogP contribution in [-0.4, -0.2) is 33.8 Å². The smallest absolute Gasteiger partial charge is 0.211 e. The molecule has 0 heterocycles. The van der Waals surface area contributed by atoms with Crippen molar-refractivity contribution in [3.8, 4) is 0 Å². The molecule has 1 atom stereocenters. The van der Waals surface area contributed by atoms with Crippen LogP contribution in [0.3, 0.4) is 0 Å². The minimum Gasteiger partial charge on any atom is -0.320 e. The standard InChI is InChI=1S/C11H26N2O2S/c1-10(2)6-7-11(3)13-16(14,15)9-5-8-12-4/h10-13H,5-9H2,1-4H3. The quantitative estimate of drug-likeness (QED) is 0.607. The van der Waals surface area contributed by atoms with Crippen molar-refractivity contribution < 1.29 is 8.42 Å². The fourth-order valence-electron chi connectivity index (χ4n) is 1.45. The van der Waals surface area contributed by atoms with Gasteiger partial charge in [-0.1, -0.05) is 13.8 Å². The molecule has 0 aliphatic heterocycles. The maximum absolute atomic E-state index is 11.6. The van der Waals surface area contributed by atoms with Gasteiger partial charge < -0.3 is 5.32 Å². The highest BCUT2D eigenvalue weighted by molar-refractivity contribution is 7.89. The maximum atomic E-state index is 11.6. The zero-order chi connectivity index (χ0) is 12.6. The molecule has 0 aromatic rings. The van der Waals surface area contributed by atoms with E-state index in [0.717, 1.165) is 19.4 Å². The Labute approximate surface area is 100 Å². The van der Waals surface area contributed by atoms with Crippen LogP contribution in [-0.2, 0) is 10.0 Å². The molecule has 0 amide bonds. The molecule has 0 spiro atoms. The number of nitrogens with one attached hydrogen (secondary N) is 2. The van der Waals surface area contributed by atoms with E-state index in [4.69, 9.17) is 0 Å². The predicted octanol–water partition coefficient (Wildman–Crippen LogP) is 1.34. The molecule has 4 nitrogen and oxygen atoms in total. The van der Waals surface area contributed by atoms with Gasteiger partial charge in [-0.15, -0.1) is 0 Å². The topological polar surface area (TPSA) is 58.2 Å². The van der Waals surface area contributed by atoms with E-state index < -0.39 is 10.0 Å². The van der Waals surface area contributed by atoms with Crippen LogP contribution in [0.25, 0.3) is 0 Å². The van der Waals surface area contributed by atoms with E-state index in [2.05, 4.69) is 23.9 Å². The second-order valence-electron chi connectivity index (χ2n) is 4.77. The lowest BCUT2D eigenvalue weighted by atomic mass is 10.1. The van der Waals surface area contributed by atoms with E-state index in [1.54, 1.807) is 0 Å². The zero-order valence-corrected chi connectivity index (χ0v) is 11.7. The fraction of sp³-hybridized carbons (Fsp3) is 1.00. The normalized spacial score (nSPS) is 14.3. The molecule has 0 bridgehead atoms. The summed E-state index contributed by atoms with van der Waals surface area (Å²) in [5.41, 5.74) is 0. The van der Waals surface area contributed by atoms with Crippen molar-refractivity contribution in [1.29, 1.82) is 0 Å². The Bertz CT molecular complexity index is 263. The minimum atomic E-state index is -3.09. The van der Waals surface area contributed by atoms with Crippen molar-refractivity contribution in [3.63, 3.8) is 0 Å². The second kappa shape index (κ2) is 8.03. The summed E-state index contributed by atoms with van der Waals surface area (Å²) in [6.45, 7) is 6.96. The number of hydrogen-bond acceptors (Lipinski definition) is 3. The van der Waals surface area contributed by atoms with Gasteiger partial charge in [-0.3, -0.25) is 0 Å². The third kappa shape index (κ3) is 9.12. The molecule has 5 heteroatoms. The third-order valence-corrected chi connectivity index (χ3v) is 3.99. The first-order valence-electron chi connectivity index (χ1n) is 6.02. The summed E-state index contributed by atoms with van der Waals surface area (Å²) in [6.07, 6.45) is 2.62. The lowest BCUT2D eigenvalue weighted by Gasteiger charge is -2.15. The highest BCUT2D eigenvalue weighted by atomic mass is 32.2. The van der Waals surface area contributed by atoms with E-state index in [1.165, 1.54) is 0 Å². The Balaban J connectivity index is 3.86. The molecule has 0 rings (SSSR count).